The zero-order chi connectivity index (χ0) is 13.3. The average Bonchev–Trinajstić information content (AvgIpc) is 2.29. The van der Waals surface area contributed by atoms with Crippen molar-refractivity contribution in [1.82, 2.24) is 4.98 Å². The van der Waals surface area contributed by atoms with Crippen molar-refractivity contribution < 1.29 is 0 Å². The van der Waals surface area contributed by atoms with Crippen LogP contribution in [0.5, 0.6) is 0 Å². The number of halogens is 3. The number of rotatable bonds is 2. The van der Waals surface area contributed by atoms with E-state index >= 15 is 0 Å². The second kappa shape index (κ2) is 5.70. The van der Waals surface area contributed by atoms with Gasteiger partial charge in [0.15, 0.2) is 0 Å². The van der Waals surface area contributed by atoms with Gasteiger partial charge in [-0.3, -0.25) is 0 Å². The summed E-state index contributed by atoms with van der Waals surface area (Å²) in [6.07, 6.45) is 1.65. The van der Waals surface area contributed by atoms with E-state index in [0.29, 0.717) is 15.7 Å². The van der Waals surface area contributed by atoms with Gasteiger partial charge in [-0.05, 0) is 46.6 Å². The molecule has 0 aliphatic rings. The number of nitrogens with two attached hydrogens (primary N) is 1. The molecule has 0 unspecified atom stereocenters. The monoisotopic (exact) mass is 362 g/mol. The van der Waals surface area contributed by atoms with Crippen LogP contribution in [0, 0.1) is 6.92 Å². The maximum Gasteiger partial charge on any atom is 0.115 e. The van der Waals surface area contributed by atoms with Gasteiger partial charge in [-0.15, -0.1) is 0 Å². The number of benzene rings is 1. The smallest absolute Gasteiger partial charge is 0.115 e. The highest BCUT2D eigenvalue weighted by Crippen LogP contribution is 2.37. The van der Waals surface area contributed by atoms with Crippen molar-refractivity contribution in [3.63, 3.8) is 0 Å². The first kappa shape index (κ1) is 14.0. The molecule has 2 aromatic rings. The molecule has 0 spiro atoms. The lowest BCUT2D eigenvalue weighted by molar-refractivity contribution is 1.09. The number of hydrogen-bond donors (Lipinski definition) is 1. The van der Waals surface area contributed by atoms with Gasteiger partial charge in [0.1, 0.15) is 5.03 Å². The Kier molecular flexibility index (Phi) is 4.43. The van der Waals surface area contributed by atoms with Crippen LogP contribution in [0.4, 0.5) is 5.69 Å². The van der Waals surface area contributed by atoms with Crippen molar-refractivity contribution in [2.75, 3.05) is 5.73 Å². The minimum atomic E-state index is 0.605. The van der Waals surface area contributed by atoms with Crippen LogP contribution in [0.1, 0.15) is 5.56 Å². The normalized spacial score (nSPS) is 10.7. The summed E-state index contributed by atoms with van der Waals surface area (Å²) in [4.78, 5) is 5.23. The zero-order valence-electron chi connectivity index (χ0n) is 9.38. The quantitative estimate of drug-likeness (QED) is 0.797. The molecule has 0 bridgehead atoms. The topological polar surface area (TPSA) is 38.9 Å². The lowest BCUT2D eigenvalue weighted by Gasteiger charge is -2.08. The Morgan fingerprint density at radius 3 is 2.44 bits per heavy atom. The summed E-state index contributed by atoms with van der Waals surface area (Å²) in [5, 5.41) is 2.04. The fraction of sp³-hybridized carbons (Fsp3) is 0.0833. The van der Waals surface area contributed by atoms with Gasteiger partial charge in [-0.2, -0.15) is 0 Å². The minimum absolute atomic E-state index is 0.605. The molecule has 0 atom stereocenters. The molecule has 2 rings (SSSR count). The molecule has 0 amide bonds. The van der Waals surface area contributed by atoms with Crippen molar-refractivity contribution in [1.29, 1.82) is 0 Å². The Morgan fingerprint density at radius 1 is 1.22 bits per heavy atom. The summed E-state index contributed by atoms with van der Waals surface area (Å²) in [6.45, 7) is 1.94. The molecule has 0 radical (unpaired) electrons. The van der Waals surface area contributed by atoms with Gasteiger partial charge in [0, 0.05) is 14.9 Å². The van der Waals surface area contributed by atoms with E-state index in [9.17, 15) is 0 Å². The van der Waals surface area contributed by atoms with Crippen LogP contribution in [0.25, 0.3) is 0 Å². The van der Waals surface area contributed by atoms with Crippen molar-refractivity contribution in [2.45, 2.75) is 16.8 Å². The van der Waals surface area contributed by atoms with Crippen molar-refractivity contribution in [2.24, 2.45) is 0 Å². The Balaban J connectivity index is 2.37. The maximum atomic E-state index is 5.96. The fourth-order valence-corrected chi connectivity index (χ4v) is 3.51. The summed E-state index contributed by atoms with van der Waals surface area (Å²) in [6, 6.07) is 5.39. The molecule has 2 nitrogen and oxygen atoms in total. The van der Waals surface area contributed by atoms with E-state index in [2.05, 4.69) is 20.9 Å². The Bertz CT molecular complexity index is 585. The van der Waals surface area contributed by atoms with Gasteiger partial charge in [0.25, 0.3) is 0 Å². The summed E-state index contributed by atoms with van der Waals surface area (Å²) >= 11 is 16.9. The fourth-order valence-electron chi connectivity index (χ4n) is 1.34. The highest BCUT2D eigenvalue weighted by atomic mass is 79.9. The first-order chi connectivity index (χ1) is 8.47. The lowest BCUT2D eigenvalue weighted by Crippen LogP contribution is -1.94. The van der Waals surface area contributed by atoms with Gasteiger partial charge in [-0.1, -0.05) is 35.0 Å². The summed E-state index contributed by atoms with van der Waals surface area (Å²) in [5.41, 5.74) is 7.42. The zero-order valence-corrected chi connectivity index (χ0v) is 13.3. The first-order valence-corrected chi connectivity index (χ1v) is 7.38. The van der Waals surface area contributed by atoms with E-state index < -0.39 is 0 Å². The largest absolute Gasteiger partial charge is 0.397 e. The predicted octanol–water partition coefficient (Wildman–Crippen LogP) is 5.19. The molecule has 1 aromatic heterocycles. The molecule has 0 aliphatic carbocycles. The van der Waals surface area contributed by atoms with Gasteiger partial charge < -0.3 is 5.73 Å². The van der Waals surface area contributed by atoms with Crippen LogP contribution < -0.4 is 5.73 Å². The van der Waals surface area contributed by atoms with Crippen molar-refractivity contribution in [3.05, 3.63) is 44.5 Å². The van der Waals surface area contributed by atoms with E-state index in [4.69, 9.17) is 28.9 Å². The predicted molar refractivity (Wildman–Crippen MR) is 81.7 cm³/mol. The SMILES string of the molecule is Cc1c(N)cnc(Sc2cc(Cl)cc(Cl)c2)c1Br. The van der Waals surface area contributed by atoms with Gasteiger partial charge in [0.05, 0.1) is 16.4 Å². The molecule has 2 N–H and O–H groups in total. The molecular weight excluding hydrogens is 355 g/mol. The molecule has 1 aromatic carbocycles. The van der Waals surface area contributed by atoms with E-state index in [1.165, 1.54) is 11.8 Å². The molecule has 18 heavy (non-hydrogen) atoms. The standard InChI is InChI=1S/C12H9BrCl2N2S/c1-6-10(16)5-17-12(11(6)13)18-9-3-7(14)2-8(15)4-9/h2-5H,16H2,1H3. The van der Waals surface area contributed by atoms with Crippen LogP contribution in [0.2, 0.25) is 10.0 Å². The Hall–Kier alpha value is -0.420. The second-order valence-corrected chi connectivity index (χ2v) is 6.39. The minimum Gasteiger partial charge on any atom is -0.397 e. The van der Waals surface area contributed by atoms with Crippen LogP contribution in [-0.4, -0.2) is 4.98 Å². The summed E-state index contributed by atoms with van der Waals surface area (Å²) in [7, 11) is 0. The lowest BCUT2D eigenvalue weighted by atomic mass is 10.3. The number of anilines is 1. The highest BCUT2D eigenvalue weighted by molar-refractivity contribution is 9.10. The van der Waals surface area contributed by atoms with Crippen molar-refractivity contribution >= 4 is 56.6 Å². The average molecular weight is 364 g/mol. The van der Waals surface area contributed by atoms with E-state index in [0.717, 1.165) is 20.0 Å². The number of nitrogen functional groups attached to an aromatic ring is 1. The van der Waals surface area contributed by atoms with Gasteiger partial charge >= 0.3 is 0 Å². The van der Waals surface area contributed by atoms with Crippen LogP contribution >= 0.6 is 50.9 Å². The Labute approximate surface area is 128 Å². The first-order valence-electron chi connectivity index (χ1n) is 5.02. The summed E-state index contributed by atoms with van der Waals surface area (Å²) < 4.78 is 0.892. The molecule has 0 aliphatic heterocycles. The van der Waals surface area contributed by atoms with E-state index in [-0.39, 0.29) is 0 Å². The molecular formula is C12H9BrCl2N2S. The second-order valence-electron chi connectivity index (χ2n) is 3.66. The van der Waals surface area contributed by atoms with Crippen molar-refractivity contribution in [3.8, 4) is 0 Å². The maximum absolute atomic E-state index is 5.96. The van der Waals surface area contributed by atoms with Gasteiger partial charge in [0.2, 0.25) is 0 Å². The molecule has 0 saturated heterocycles. The number of aromatic nitrogens is 1. The number of hydrogen-bond acceptors (Lipinski definition) is 3. The molecule has 1 heterocycles. The molecule has 0 fully saturated rings. The molecule has 94 valence electrons. The van der Waals surface area contributed by atoms with Crippen LogP contribution in [-0.2, 0) is 0 Å². The number of pyridine rings is 1. The van der Waals surface area contributed by atoms with Crippen LogP contribution in [0.3, 0.4) is 0 Å². The molecule has 0 saturated carbocycles. The third-order valence-electron chi connectivity index (χ3n) is 2.32. The highest BCUT2D eigenvalue weighted by Gasteiger charge is 2.10. The third kappa shape index (κ3) is 3.12. The molecule has 6 heteroatoms. The summed E-state index contributed by atoms with van der Waals surface area (Å²) in [5.74, 6) is 0. The van der Waals surface area contributed by atoms with E-state index in [1.54, 1.807) is 12.3 Å². The van der Waals surface area contributed by atoms with Gasteiger partial charge in [-0.25, -0.2) is 4.98 Å². The number of nitrogens with zero attached hydrogens (tertiary/aromatic N) is 1. The third-order valence-corrected chi connectivity index (χ3v) is 4.96. The Morgan fingerprint density at radius 2 is 1.83 bits per heavy atom. The van der Waals surface area contributed by atoms with Crippen LogP contribution in [0.15, 0.2) is 38.8 Å². The van der Waals surface area contributed by atoms with E-state index in [1.807, 2.05) is 19.1 Å².